The molecule has 0 saturated heterocycles. The van der Waals surface area contributed by atoms with Crippen molar-refractivity contribution in [3.05, 3.63) is 64.9 Å². The zero-order chi connectivity index (χ0) is 18.7. The second-order valence-corrected chi connectivity index (χ2v) is 6.28. The largest absolute Gasteiger partial charge is 0.482 e. The summed E-state index contributed by atoms with van der Waals surface area (Å²) in [7, 11) is 1.29. The lowest BCUT2D eigenvalue weighted by Crippen LogP contribution is -2.12. The van der Waals surface area contributed by atoms with Crippen LogP contribution in [0.15, 0.2) is 48.2 Å². The van der Waals surface area contributed by atoms with E-state index in [1.54, 1.807) is 24.3 Å². The lowest BCUT2D eigenvalue weighted by Gasteiger charge is -2.06. The van der Waals surface area contributed by atoms with Gasteiger partial charge in [0.05, 0.1) is 12.7 Å². The van der Waals surface area contributed by atoms with Crippen LogP contribution in [0, 0.1) is 0 Å². The van der Waals surface area contributed by atoms with Crippen LogP contribution in [0.4, 0.5) is 0 Å². The fraction of sp³-hybridized carbons (Fsp3) is 0.238. The Hall–Kier alpha value is -3.08. The summed E-state index contributed by atoms with van der Waals surface area (Å²) in [5.41, 5.74) is 2.61. The van der Waals surface area contributed by atoms with Crippen molar-refractivity contribution in [3.63, 3.8) is 0 Å². The van der Waals surface area contributed by atoms with E-state index in [0.29, 0.717) is 23.0 Å². The topological polar surface area (TPSA) is 61.8 Å². The number of Topliss-reactive ketones (excluding diaryl/α,β-unsaturated/α-hetero) is 1. The highest BCUT2D eigenvalue weighted by Crippen LogP contribution is 2.35. The summed E-state index contributed by atoms with van der Waals surface area (Å²) < 4.78 is 15.5. The predicted molar refractivity (Wildman–Crippen MR) is 97.4 cm³/mol. The molecule has 0 saturated carbocycles. The second-order valence-electron chi connectivity index (χ2n) is 6.28. The maximum Gasteiger partial charge on any atom is 0.343 e. The highest BCUT2D eigenvalue weighted by atomic mass is 16.6. The number of hydrogen-bond donors (Lipinski definition) is 0. The van der Waals surface area contributed by atoms with Gasteiger partial charge in [-0.1, -0.05) is 38.1 Å². The lowest BCUT2D eigenvalue weighted by molar-refractivity contribution is -0.142. The summed E-state index contributed by atoms with van der Waals surface area (Å²) in [5, 5.41) is 0. The number of rotatable bonds is 5. The molecule has 5 nitrogen and oxygen atoms in total. The minimum absolute atomic E-state index is 0.174. The van der Waals surface area contributed by atoms with Gasteiger partial charge in [0.1, 0.15) is 11.5 Å². The van der Waals surface area contributed by atoms with Gasteiger partial charge in [-0.05, 0) is 35.3 Å². The molecule has 26 heavy (non-hydrogen) atoms. The average Bonchev–Trinajstić information content (AvgIpc) is 2.95. The van der Waals surface area contributed by atoms with Crippen molar-refractivity contribution in [2.45, 2.75) is 19.8 Å². The van der Waals surface area contributed by atoms with E-state index in [4.69, 9.17) is 9.47 Å². The van der Waals surface area contributed by atoms with Gasteiger partial charge in [0.2, 0.25) is 5.78 Å². The number of fused-ring (bicyclic) bond motifs is 1. The monoisotopic (exact) mass is 352 g/mol. The predicted octanol–water partition coefficient (Wildman–Crippen LogP) is 3.98. The van der Waals surface area contributed by atoms with Crippen LogP contribution in [0.5, 0.6) is 11.5 Å². The number of benzene rings is 2. The standard InChI is InChI=1S/C21H20O5/c1-13(2)15-6-4-14(5-7-15)10-19-21(23)17-9-8-16(11-18(17)26-19)25-12-20(22)24-3/h4-11,13H,12H2,1-3H3/b19-10+. The molecule has 0 fully saturated rings. The van der Waals surface area contributed by atoms with Crippen molar-refractivity contribution in [3.8, 4) is 11.5 Å². The first kappa shape index (κ1) is 17.7. The average molecular weight is 352 g/mol. The third-order valence-electron chi connectivity index (χ3n) is 4.13. The summed E-state index contributed by atoms with van der Waals surface area (Å²) >= 11 is 0. The van der Waals surface area contributed by atoms with E-state index in [0.717, 1.165) is 5.56 Å². The number of ketones is 1. The highest BCUT2D eigenvalue weighted by molar-refractivity contribution is 6.14. The Morgan fingerprint density at radius 3 is 2.54 bits per heavy atom. The molecule has 0 amide bonds. The first-order valence-electron chi connectivity index (χ1n) is 8.36. The van der Waals surface area contributed by atoms with Crippen LogP contribution in [0.1, 0.15) is 41.3 Å². The maximum absolute atomic E-state index is 12.5. The molecule has 134 valence electrons. The lowest BCUT2D eigenvalue weighted by atomic mass is 10.0. The molecule has 1 aliphatic rings. The first-order valence-corrected chi connectivity index (χ1v) is 8.36. The van der Waals surface area contributed by atoms with E-state index < -0.39 is 5.97 Å². The molecule has 2 aromatic carbocycles. The molecule has 0 aliphatic carbocycles. The van der Waals surface area contributed by atoms with Crippen molar-refractivity contribution in [2.24, 2.45) is 0 Å². The molecule has 0 radical (unpaired) electrons. The quantitative estimate of drug-likeness (QED) is 0.602. The Balaban J connectivity index is 1.77. The van der Waals surface area contributed by atoms with E-state index in [9.17, 15) is 9.59 Å². The van der Waals surface area contributed by atoms with E-state index in [1.165, 1.54) is 12.7 Å². The summed E-state index contributed by atoms with van der Waals surface area (Å²) in [6.45, 7) is 4.06. The number of ether oxygens (including phenoxy) is 3. The second kappa shape index (κ2) is 7.44. The maximum atomic E-state index is 12.5. The van der Waals surface area contributed by atoms with Crippen LogP contribution in [-0.2, 0) is 9.53 Å². The summed E-state index contributed by atoms with van der Waals surface area (Å²) in [6, 6.07) is 12.9. The fourth-order valence-electron chi connectivity index (χ4n) is 2.59. The van der Waals surface area contributed by atoms with Gasteiger partial charge < -0.3 is 14.2 Å². The van der Waals surface area contributed by atoms with Crippen LogP contribution in [0.25, 0.3) is 6.08 Å². The number of carbonyl (C=O) groups is 2. The number of carbonyl (C=O) groups excluding carboxylic acids is 2. The Labute approximate surface area is 152 Å². The van der Waals surface area contributed by atoms with Gasteiger partial charge in [-0.2, -0.15) is 0 Å². The van der Waals surface area contributed by atoms with Crippen LogP contribution < -0.4 is 9.47 Å². The Kier molecular flexibility index (Phi) is 5.07. The molecule has 5 heteroatoms. The molecule has 2 aromatic rings. The van der Waals surface area contributed by atoms with Gasteiger partial charge >= 0.3 is 5.97 Å². The number of hydrogen-bond acceptors (Lipinski definition) is 5. The highest BCUT2D eigenvalue weighted by Gasteiger charge is 2.27. The van der Waals surface area contributed by atoms with Gasteiger partial charge in [-0.15, -0.1) is 0 Å². The van der Waals surface area contributed by atoms with Gasteiger partial charge in [-0.25, -0.2) is 4.79 Å². The number of methoxy groups -OCH3 is 1. The zero-order valence-corrected chi connectivity index (χ0v) is 14.9. The molecular formula is C21H20O5. The van der Waals surface area contributed by atoms with E-state index in [1.807, 2.05) is 24.3 Å². The smallest absolute Gasteiger partial charge is 0.343 e. The third-order valence-corrected chi connectivity index (χ3v) is 4.13. The first-order chi connectivity index (χ1) is 12.5. The molecular weight excluding hydrogens is 332 g/mol. The van der Waals surface area contributed by atoms with Crippen molar-refractivity contribution in [1.29, 1.82) is 0 Å². The molecule has 0 atom stereocenters. The van der Waals surface area contributed by atoms with Crippen molar-refractivity contribution in [1.82, 2.24) is 0 Å². The minimum atomic E-state index is -0.479. The summed E-state index contributed by atoms with van der Waals surface area (Å²) in [6.07, 6.45) is 1.72. The molecule has 3 rings (SSSR count). The zero-order valence-electron chi connectivity index (χ0n) is 14.9. The van der Waals surface area contributed by atoms with Gasteiger partial charge in [0.15, 0.2) is 12.4 Å². The van der Waals surface area contributed by atoms with Crippen molar-refractivity contribution < 1.29 is 23.8 Å². The third kappa shape index (κ3) is 3.77. The molecule has 0 aromatic heterocycles. The van der Waals surface area contributed by atoms with Crippen molar-refractivity contribution >= 4 is 17.8 Å². The normalized spacial score (nSPS) is 14.3. The number of esters is 1. The number of allylic oxidation sites excluding steroid dienone is 1. The Morgan fingerprint density at radius 2 is 1.88 bits per heavy atom. The molecule has 0 unspecified atom stereocenters. The van der Waals surface area contributed by atoms with Crippen LogP contribution in [0.3, 0.4) is 0 Å². The van der Waals surface area contributed by atoms with Crippen LogP contribution in [0.2, 0.25) is 0 Å². The molecule has 1 aliphatic heterocycles. The van der Waals surface area contributed by atoms with E-state index in [2.05, 4.69) is 18.6 Å². The van der Waals surface area contributed by atoms with Crippen LogP contribution in [-0.4, -0.2) is 25.5 Å². The van der Waals surface area contributed by atoms with E-state index in [-0.39, 0.29) is 18.1 Å². The Bertz CT molecular complexity index is 862. The molecule has 0 N–H and O–H groups in total. The van der Waals surface area contributed by atoms with Crippen LogP contribution >= 0.6 is 0 Å². The van der Waals surface area contributed by atoms with Gasteiger partial charge in [0.25, 0.3) is 0 Å². The minimum Gasteiger partial charge on any atom is -0.482 e. The molecule has 0 bridgehead atoms. The summed E-state index contributed by atoms with van der Waals surface area (Å²) in [4.78, 5) is 23.6. The summed E-state index contributed by atoms with van der Waals surface area (Å²) in [5.74, 6) is 0.920. The SMILES string of the molecule is COC(=O)COc1ccc2c(c1)O/C(=C/c1ccc(C(C)C)cc1)C2=O. The van der Waals surface area contributed by atoms with Gasteiger partial charge in [-0.3, -0.25) is 4.79 Å². The molecule has 1 heterocycles. The van der Waals surface area contributed by atoms with E-state index >= 15 is 0 Å². The Morgan fingerprint density at radius 1 is 1.15 bits per heavy atom. The molecule has 0 spiro atoms. The van der Waals surface area contributed by atoms with Crippen molar-refractivity contribution in [2.75, 3.05) is 13.7 Å². The fourth-order valence-corrected chi connectivity index (χ4v) is 2.59. The van der Waals surface area contributed by atoms with Gasteiger partial charge in [0, 0.05) is 6.07 Å².